The Labute approximate surface area is 131 Å². The number of amides is 1. The lowest BCUT2D eigenvalue weighted by atomic mass is 9.79. The molecule has 4 heteroatoms. The molecule has 2 aromatic rings. The lowest BCUT2D eigenvalue weighted by molar-refractivity contribution is -0.121. The van der Waals surface area contributed by atoms with E-state index < -0.39 is 0 Å². The van der Waals surface area contributed by atoms with Gasteiger partial charge in [-0.2, -0.15) is 0 Å². The predicted octanol–water partition coefficient (Wildman–Crippen LogP) is 4.50. The molecule has 1 saturated carbocycles. The molecule has 0 radical (unpaired) electrons. The highest BCUT2D eigenvalue weighted by Crippen LogP contribution is 2.32. The Morgan fingerprint density at radius 2 is 2.05 bits per heavy atom. The fourth-order valence-electron chi connectivity index (χ4n) is 3.44. The Morgan fingerprint density at radius 1 is 1.27 bits per heavy atom. The van der Waals surface area contributed by atoms with E-state index in [0.717, 1.165) is 29.8 Å². The number of hydrogen-bond donors (Lipinski definition) is 2. The lowest BCUT2D eigenvalue weighted by Crippen LogP contribution is -2.27. The second-order valence-electron chi connectivity index (χ2n) is 6.45. The van der Waals surface area contributed by atoms with Crippen LogP contribution < -0.4 is 5.32 Å². The third kappa shape index (κ3) is 3.49. The Kier molecular flexibility index (Phi) is 4.76. The number of nitrogens with one attached hydrogen (secondary N) is 2. The van der Waals surface area contributed by atoms with Gasteiger partial charge in [-0.25, -0.2) is 4.98 Å². The van der Waals surface area contributed by atoms with Crippen LogP contribution in [0.4, 0.5) is 5.95 Å². The van der Waals surface area contributed by atoms with Crippen molar-refractivity contribution < 1.29 is 4.79 Å². The van der Waals surface area contributed by atoms with E-state index in [4.69, 9.17) is 0 Å². The maximum atomic E-state index is 12.4. The van der Waals surface area contributed by atoms with E-state index in [1.54, 1.807) is 0 Å². The fraction of sp³-hybridized carbons (Fsp3) is 0.556. The van der Waals surface area contributed by atoms with Crippen molar-refractivity contribution in [1.29, 1.82) is 0 Å². The fourth-order valence-corrected chi connectivity index (χ4v) is 3.44. The van der Waals surface area contributed by atoms with E-state index >= 15 is 0 Å². The zero-order valence-electron chi connectivity index (χ0n) is 13.3. The smallest absolute Gasteiger partial charge is 0.229 e. The minimum atomic E-state index is 0.119. The molecule has 1 fully saturated rings. The number of aromatic amines is 1. The number of benzene rings is 1. The van der Waals surface area contributed by atoms with Gasteiger partial charge in [-0.3, -0.25) is 10.1 Å². The molecular weight excluding hydrogens is 274 g/mol. The van der Waals surface area contributed by atoms with Crippen molar-refractivity contribution in [2.75, 3.05) is 5.32 Å². The van der Waals surface area contributed by atoms with Gasteiger partial charge in [0.25, 0.3) is 0 Å². The van der Waals surface area contributed by atoms with Gasteiger partial charge in [-0.05, 0) is 43.7 Å². The van der Waals surface area contributed by atoms with Crippen LogP contribution in [0.3, 0.4) is 0 Å². The van der Waals surface area contributed by atoms with Gasteiger partial charge in [-0.15, -0.1) is 0 Å². The number of unbranched alkanes of at least 4 members (excludes halogenated alkanes) is 1. The molecule has 1 aliphatic carbocycles. The summed E-state index contributed by atoms with van der Waals surface area (Å²) >= 11 is 0. The molecule has 2 N–H and O–H groups in total. The first-order chi connectivity index (χ1) is 10.8. The van der Waals surface area contributed by atoms with Crippen LogP contribution in [0.25, 0.3) is 11.0 Å². The summed E-state index contributed by atoms with van der Waals surface area (Å²) in [6.07, 6.45) is 8.33. The van der Waals surface area contributed by atoms with Crippen molar-refractivity contribution in [2.24, 2.45) is 11.8 Å². The molecule has 118 valence electrons. The number of carbonyl (C=O) groups is 1. The standard InChI is InChI=1S/C18H25N3O/c1-2-3-6-13-9-11-14(12-10-13)17(22)21-18-19-15-7-4-5-8-16(15)20-18/h4-5,7-8,13-14H,2-3,6,9-12H2,1H3,(H2,19,20,21,22). The quantitative estimate of drug-likeness (QED) is 0.854. The van der Waals surface area contributed by atoms with Gasteiger partial charge in [-0.1, -0.05) is 38.3 Å². The minimum absolute atomic E-state index is 0.119. The van der Waals surface area contributed by atoms with Crippen LogP contribution in [-0.2, 0) is 4.79 Å². The van der Waals surface area contributed by atoms with Crippen molar-refractivity contribution in [2.45, 2.75) is 51.9 Å². The number of hydrogen-bond acceptors (Lipinski definition) is 2. The molecule has 1 aromatic carbocycles. The molecule has 0 spiro atoms. The highest BCUT2D eigenvalue weighted by Gasteiger charge is 2.26. The Morgan fingerprint density at radius 3 is 2.77 bits per heavy atom. The summed E-state index contributed by atoms with van der Waals surface area (Å²) in [4.78, 5) is 20.0. The van der Waals surface area contributed by atoms with Gasteiger partial charge < -0.3 is 4.98 Å². The van der Waals surface area contributed by atoms with Crippen molar-refractivity contribution in [1.82, 2.24) is 9.97 Å². The second-order valence-corrected chi connectivity index (χ2v) is 6.45. The van der Waals surface area contributed by atoms with Crippen molar-refractivity contribution in [3.05, 3.63) is 24.3 Å². The van der Waals surface area contributed by atoms with Crippen LogP contribution in [0.5, 0.6) is 0 Å². The van der Waals surface area contributed by atoms with Crippen LogP contribution in [0.2, 0.25) is 0 Å². The maximum absolute atomic E-state index is 12.4. The van der Waals surface area contributed by atoms with E-state index in [1.165, 1.54) is 32.1 Å². The average Bonchev–Trinajstić information content (AvgIpc) is 2.95. The topological polar surface area (TPSA) is 57.8 Å². The molecule has 0 saturated heterocycles. The molecule has 0 atom stereocenters. The molecule has 1 aromatic heterocycles. The lowest BCUT2D eigenvalue weighted by Gasteiger charge is -2.27. The van der Waals surface area contributed by atoms with E-state index in [1.807, 2.05) is 24.3 Å². The molecule has 1 heterocycles. The van der Waals surface area contributed by atoms with E-state index in [-0.39, 0.29) is 11.8 Å². The summed E-state index contributed by atoms with van der Waals surface area (Å²) in [6, 6.07) is 7.83. The molecular formula is C18H25N3O. The number of nitrogens with zero attached hydrogens (tertiary/aromatic N) is 1. The van der Waals surface area contributed by atoms with E-state index in [9.17, 15) is 4.79 Å². The van der Waals surface area contributed by atoms with Gasteiger partial charge in [0, 0.05) is 5.92 Å². The Balaban J connectivity index is 1.54. The van der Waals surface area contributed by atoms with Gasteiger partial charge in [0.1, 0.15) is 0 Å². The molecule has 3 rings (SSSR count). The average molecular weight is 299 g/mol. The second kappa shape index (κ2) is 6.95. The zero-order valence-corrected chi connectivity index (χ0v) is 13.3. The number of H-pyrrole nitrogens is 1. The highest BCUT2D eigenvalue weighted by molar-refractivity contribution is 5.92. The summed E-state index contributed by atoms with van der Waals surface area (Å²) in [6.45, 7) is 2.24. The van der Waals surface area contributed by atoms with Crippen molar-refractivity contribution in [3.8, 4) is 0 Å². The van der Waals surface area contributed by atoms with Gasteiger partial charge in [0.15, 0.2) is 0 Å². The van der Waals surface area contributed by atoms with Crippen LogP contribution in [0, 0.1) is 11.8 Å². The first-order valence-electron chi connectivity index (χ1n) is 8.52. The van der Waals surface area contributed by atoms with Crippen molar-refractivity contribution >= 4 is 22.9 Å². The Bertz CT molecular complexity index is 593. The molecule has 0 unspecified atom stereocenters. The summed E-state index contributed by atoms with van der Waals surface area (Å²) in [7, 11) is 0. The summed E-state index contributed by atoms with van der Waals surface area (Å²) < 4.78 is 0. The van der Waals surface area contributed by atoms with E-state index in [0.29, 0.717) is 5.95 Å². The van der Waals surface area contributed by atoms with Gasteiger partial charge >= 0.3 is 0 Å². The first-order valence-corrected chi connectivity index (χ1v) is 8.52. The normalized spacial score (nSPS) is 21.9. The third-order valence-electron chi connectivity index (χ3n) is 4.81. The zero-order chi connectivity index (χ0) is 15.4. The minimum Gasteiger partial charge on any atom is -0.324 e. The SMILES string of the molecule is CCCCC1CCC(C(=O)Nc2nc3ccccc3[nH]2)CC1. The number of fused-ring (bicyclic) bond motifs is 1. The van der Waals surface area contributed by atoms with Crippen LogP contribution in [-0.4, -0.2) is 15.9 Å². The summed E-state index contributed by atoms with van der Waals surface area (Å²) in [5, 5.41) is 2.95. The van der Waals surface area contributed by atoms with E-state index in [2.05, 4.69) is 22.2 Å². The van der Waals surface area contributed by atoms with Crippen LogP contribution >= 0.6 is 0 Å². The van der Waals surface area contributed by atoms with Gasteiger partial charge in [0.05, 0.1) is 11.0 Å². The molecule has 0 aliphatic heterocycles. The van der Waals surface area contributed by atoms with Gasteiger partial charge in [0.2, 0.25) is 11.9 Å². The number of anilines is 1. The maximum Gasteiger partial charge on any atom is 0.229 e. The van der Waals surface area contributed by atoms with Crippen molar-refractivity contribution in [3.63, 3.8) is 0 Å². The summed E-state index contributed by atoms with van der Waals surface area (Å²) in [5.74, 6) is 1.66. The summed E-state index contributed by atoms with van der Waals surface area (Å²) in [5.41, 5.74) is 1.85. The highest BCUT2D eigenvalue weighted by atomic mass is 16.2. The molecule has 4 nitrogen and oxygen atoms in total. The molecule has 1 aliphatic rings. The van der Waals surface area contributed by atoms with Crippen LogP contribution in [0.1, 0.15) is 51.9 Å². The third-order valence-corrected chi connectivity index (χ3v) is 4.81. The Hall–Kier alpha value is -1.84. The van der Waals surface area contributed by atoms with Crippen LogP contribution in [0.15, 0.2) is 24.3 Å². The number of aromatic nitrogens is 2. The number of para-hydroxylation sites is 2. The number of carbonyl (C=O) groups excluding carboxylic acids is 1. The molecule has 0 bridgehead atoms. The monoisotopic (exact) mass is 299 g/mol. The predicted molar refractivity (Wildman–Crippen MR) is 89.7 cm³/mol. The number of rotatable bonds is 5. The molecule has 22 heavy (non-hydrogen) atoms. The largest absolute Gasteiger partial charge is 0.324 e. The number of imidazole rings is 1. The molecule has 1 amide bonds. The first kappa shape index (κ1) is 15.1.